The molecule has 2 heteroatoms. The standard InChI is InChI=1S/C5H10P2/c1-2-3-5-6-4-7-5/h6H,2-4H2,1H3. The van der Waals surface area contributed by atoms with Crippen LogP contribution in [0, 0.1) is 0 Å². The predicted octanol–water partition coefficient (Wildman–Crippen LogP) is 2.51. The van der Waals surface area contributed by atoms with Gasteiger partial charge in [0.1, 0.15) is 0 Å². The van der Waals surface area contributed by atoms with Crippen LogP contribution < -0.4 is 0 Å². The van der Waals surface area contributed by atoms with Gasteiger partial charge in [-0.2, -0.15) is 0 Å². The van der Waals surface area contributed by atoms with E-state index >= 15 is 0 Å². The summed E-state index contributed by atoms with van der Waals surface area (Å²) >= 11 is 0. The van der Waals surface area contributed by atoms with Crippen LogP contribution in [0.15, 0.2) is 0 Å². The molecule has 0 bridgehead atoms. The summed E-state index contributed by atoms with van der Waals surface area (Å²) in [6.45, 7) is 2.26. The van der Waals surface area contributed by atoms with Gasteiger partial charge in [-0.1, -0.05) is 30.1 Å². The van der Waals surface area contributed by atoms with Gasteiger partial charge in [-0.05, 0) is 11.5 Å². The minimum absolute atomic E-state index is 1.22. The molecule has 0 nitrogen and oxygen atoms in total. The van der Waals surface area contributed by atoms with E-state index in [-0.39, 0.29) is 0 Å². The average Bonchev–Trinajstić information content (AvgIpc) is 1.55. The minimum atomic E-state index is 1.22. The lowest BCUT2D eigenvalue weighted by atomic mass is 10.4. The second-order valence-corrected chi connectivity index (χ2v) is 5.19. The van der Waals surface area contributed by atoms with E-state index < -0.39 is 0 Å². The molecule has 0 aromatic carbocycles. The van der Waals surface area contributed by atoms with E-state index in [1.807, 2.05) is 5.03 Å². The van der Waals surface area contributed by atoms with Crippen LogP contribution in [0.25, 0.3) is 0 Å². The second kappa shape index (κ2) is 2.80. The van der Waals surface area contributed by atoms with Crippen LogP contribution in [-0.2, 0) is 0 Å². The van der Waals surface area contributed by atoms with Crippen LogP contribution in [0.4, 0.5) is 0 Å². The third-order valence-electron chi connectivity index (χ3n) is 1.04. The van der Waals surface area contributed by atoms with Crippen molar-refractivity contribution in [2.75, 3.05) is 5.90 Å². The molecular weight excluding hydrogens is 122 g/mol. The Morgan fingerprint density at radius 3 is 2.71 bits per heavy atom. The van der Waals surface area contributed by atoms with Gasteiger partial charge < -0.3 is 0 Å². The van der Waals surface area contributed by atoms with Gasteiger partial charge in [0.05, 0.1) is 0 Å². The largest absolute Gasteiger partial charge is 0.0960 e. The Hall–Kier alpha value is 0.600. The van der Waals surface area contributed by atoms with Crippen molar-refractivity contribution in [3.05, 3.63) is 0 Å². The molecule has 0 saturated heterocycles. The lowest BCUT2D eigenvalue weighted by Crippen LogP contribution is -1.91. The van der Waals surface area contributed by atoms with Crippen LogP contribution >= 0.6 is 16.8 Å². The van der Waals surface area contributed by atoms with Crippen molar-refractivity contribution < 1.29 is 0 Å². The van der Waals surface area contributed by atoms with Crippen molar-refractivity contribution in [1.29, 1.82) is 0 Å². The Balaban J connectivity index is 2.15. The molecule has 1 heterocycles. The number of rotatable bonds is 2. The van der Waals surface area contributed by atoms with Gasteiger partial charge in [0.15, 0.2) is 0 Å². The molecule has 0 fully saturated rings. The predicted molar refractivity (Wildman–Crippen MR) is 40.0 cm³/mol. The molecule has 0 amide bonds. The molecule has 40 valence electrons. The van der Waals surface area contributed by atoms with Crippen LogP contribution in [0.2, 0.25) is 0 Å². The molecule has 1 aliphatic rings. The molecule has 0 saturated carbocycles. The summed E-state index contributed by atoms with van der Waals surface area (Å²) < 4.78 is 0. The van der Waals surface area contributed by atoms with Crippen molar-refractivity contribution in [1.82, 2.24) is 0 Å². The van der Waals surface area contributed by atoms with Crippen LogP contribution in [0.3, 0.4) is 0 Å². The lowest BCUT2D eigenvalue weighted by molar-refractivity contribution is 1.01. The normalized spacial score (nSPS) is 23.9. The summed E-state index contributed by atoms with van der Waals surface area (Å²) in [7, 11) is 2.88. The Morgan fingerprint density at radius 2 is 2.57 bits per heavy atom. The van der Waals surface area contributed by atoms with Crippen molar-refractivity contribution >= 4 is 21.8 Å². The van der Waals surface area contributed by atoms with Gasteiger partial charge >= 0.3 is 0 Å². The Morgan fingerprint density at radius 1 is 1.86 bits per heavy atom. The van der Waals surface area contributed by atoms with Gasteiger partial charge in [-0.25, -0.2) is 0 Å². The SMILES string of the molecule is CCCC1=PCP1. The van der Waals surface area contributed by atoms with E-state index in [0.717, 1.165) is 0 Å². The Kier molecular flexibility index (Phi) is 2.29. The summed E-state index contributed by atoms with van der Waals surface area (Å²) in [6.07, 6.45) is 2.76. The van der Waals surface area contributed by atoms with E-state index in [9.17, 15) is 0 Å². The maximum absolute atomic E-state index is 2.26. The van der Waals surface area contributed by atoms with E-state index in [1.165, 1.54) is 27.3 Å². The van der Waals surface area contributed by atoms with E-state index in [0.29, 0.717) is 0 Å². The summed E-state index contributed by atoms with van der Waals surface area (Å²) in [4.78, 5) is 0. The highest BCUT2D eigenvalue weighted by Gasteiger charge is 2.02. The molecular formula is C5H10P2. The summed E-state index contributed by atoms with van der Waals surface area (Å²) in [5.74, 6) is 1.47. The summed E-state index contributed by atoms with van der Waals surface area (Å²) in [5, 5.41) is 1.81. The fourth-order valence-corrected chi connectivity index (χ4v) is 2.93. The first-order valence-electron chi connectivity index (χ1n) is 2.70. The monoisotopic (exact) mass is 132 g/mol. The van der Waals surface area contributed by atoms with E-state index in [2.05, 4.69) is 6.92 Å². The van der Waals surface area contributed by atoms with Gasteiger partial charge in [0, 0.05) is 5.90 Å². The zero-order valence-electron chi connectivity index (χ0n) is 4.57. The van der Waals surface area contributed by atoms with Crippen molar-refractivity contribution in [2.45, 2.75) is 19.8 Å². The number of hydrogen-bond acceptors (Lipinski definition) is 0. The molecule has 0 radical (unpaired) electrons. The second-order valence-electron chi connectivity index (χ2n) is 1.69. The molecule has 0 aromatic rings. The molecule has 0 N–H and O–H groups in total. The molecule has 1 unspecified atom stereocenters. The summed E-state index contributed by atoms with van der Waals surface area (Å²) in [6, 6.07) is 0. The van der Waals surface area contributed by atoms with Gasteiger partial charge in [0.25, 0.3) is 0 Å². The average molecular weight is 132 g/mol. The quantitative estimate of drug-likeness (QED) is 0.506. The van der Waals surface area contributed by atoms with Crippen molar-refractivity contribution in [2.24, 2.45) is 0 Å². The zero-order valence-corrected chi connectivity index (χ0v) is 6.46. The Labute approximate surface area is 48.3 Å². The lowest BCUT2D eigenvalue weighted by Gasteiger charge is -2.10. The molecule has 0 aliphatic carbocycles. The topological polar surface area (TPSA) is 0 Å². The van der Waals surface area contributed by atoms with Crippen LogP contribution in [0.1, 0.15) is 19.8 Å². The molecule has 1 atom stereocenters. The van der Waals surface area contributed by atoms with Crippen LogP contribution in [0.5, 0.6) is 0 Å². The first-order valence-corrected chi connectivity index (χ1v) is 4.99. The molecule has 1 aliphatic heterocycles. The smallest absolute Gasteiger partial charge is 0.0114 e. The van der Waals surface area contributed by atoms with E-state index in [1.54, 1.807) is 8.20 Å². The Bertz CT molecular complexity index is 86.1. The highest BCUT2D eigenvalue weighted by molar-refractivity contribution is 7.87. The van der Waals surface area contributed by atoms with Gasteiger partial charge in [-0.3, -0.25) is 0 Å². The highest BCUT2D eigenvalue weighted by Crippen LogP contribution is 2.37. The third kappa shape index (κ3) is 1.52. The van der Waals surface area contributed by atoms with Crippen molar-refractivity contribution in [3.8, 4) is 0 Å². The first-order chi connectivity index (χ1) is 3.43. The molecule has 7 heavy (non-hydrogen) atoms. The fourth-order valence-electron chi connectivity index (χ4n) is 0.595. The fraction of sp³-hybridized carbons (Fsp3) is 0.800. The van der Waals surface area contributed by atoms with Crippen molar-refractivity contribution in [3.63, 3.8) is 0 Å². The molecule has 1 rings (SSSR count). The third-order valence-corrected chi connectivity index (χ3v) is 4.52. The molecule has 0 aromatic heterocycles. The summed E-state index contributed by atoms with van der Waals surface area (Å²) in [5.41, 5.74) is 0. The molecule has 0 spiro atoms. The number of hydrogen-bond donors (Lipinski definition) is 0. The van der Waals surface area contributed by atoms with Gasteiger partial charge in [-0.15, -0.1) is 0 Å². The maximum Gasteiger partial charge on any atom is 0.0114 e. The van der Waals surface area contributed by atoms with Crippen LogP contribution in [-0.4, -0.2) is 10.9 Å². The van der Waals surface area contributed by atoms with E-state index in [4.69, 9.17) is 0 Å². The maximum atomic E-state index is 2.26. The van der Waals surface area contributed by atoms with Gasteiger partial charge in [0.2, 0.25) is 0 Å². The zero-order chi connectivity index (χ0) is 5.11. The first kappa shape index (κ1) is 5.73. The highest BCUT2D eigenvalue weighted by atomic mass is 31.2. The minimum Gasteiger partial charge on any atom is -0.0960 e.